The Morgan fingerprint density at radius 1 is 0.892 bits per heavy atom. The number of imide groups is 1. The zero-order chi connectivity index (χ0) is 27.3. The molecule has 0 aliphatic carbocycles. The fourth-order valence-corrected chi connectivity index (χ4v) is 3.89. The van der Waals surface area contributed by atoms with Crippen molar-refractivity contribution in [1.29, 1.82) is 0 Å². The van der Waals surface area contributed by atoms with Gasteiger partial charge in [-0.25, -0.2) is 4.79 Å². The molecule has 0 spiro atoms. The van der Waals surface area contributed by atoms with Gasteiger partial charge in [-0.3, -0.25) is 14.4 Å². The Morgan fingerprint density at radius 3 is 2.00 bits per heavy atom. The summed E-state index contributed by atoms with van der Waals surface area (Å²) in [4.78, 5) is 52.9. The van der Waals surface area contributed by atoms with Gasteiger partial charge in [0, 0.05) is 25.1 Å². The van der Waals surface area contributed by atoms with Crippen molar-refractivity contribution >= 4 is 29.4 Å². The lowest BCUT2D eigenvalue weighted by Gasteiger charge is -2.24. The van der Waals surface area contributed by atoms with Gasteiger partial charge in [-0.15, -0.1) is 5.06 Å². The normalized spacial score (nSPS) is 14.0. The molecule has 0 radical (unpaired) electrons. The van der Waals surface area contributed by atoms with Crippen LogP contribution in [0.5, 0.6) is 0 Å². The average Bonchev–Trinajstić information content (AvgIpc) is 3.18. The summed E-state index contributed by atoms with van der Waals surface area (Å²) in [5, 5.41) is 0.386. The van der Waals surface area contributed by atoms with Gasteiger partial charge in [-0.2, -0.15) is 13.2 Å². The van der Waals surface area contributed by atoms with Crippen LogP contribution in [0.4, 0.5) is 18.9 Å². The first-order valence-electron chi connectivity index (χ1n) is 12.9. The van der Waals surface area contributed by atoms with Crippen LogP contribution >= 0.6 is 0 Å². The Bertz CT molecular complexity index is 928. The van der Waals surface area contributed by atoms with Gasteiger partial charge in [-0.1, -0.05) is 57.6 Å². The van der Waals surface area contributed by atoms with Crippen molar-refractivity contribution in [3.05, 3.63) is 42.0 Å². The van der Waals surface area contributed by atoms with E-state index in [2.05, 4.69) is 6.92 Å². The van der Waals surface area contributed by atoms with Crippen molar-refractivity contribution in [2.24, 2.45) is 0 Å². The summed E-state index contributed by atoms with van der Waals surface area (Å²) in [5.41, 5.74) is -0.108. The molecule has 3 amide bonds. The van der Waals surface area contributed by atoms with E-state index < -0.39 is 29.9 Å². The lowest BCUT2D eigenvalue weighted by atomic mass is 10.1. The fraction of sp³-hybridized carbons (Fsp3) is 0.556. The molecular formula is C27H35F3N2O5. The van der Waals surface area contributed by atoms with E-state index >= 15 is 0 Å². The number of hydroxylamine groups is 2. The van der Waals surface area contributed by atoms with Crippen LogP contribution < -0.4 is 4.90 Å². The number of benzene rings is 1. The summed E-state index contributed by atoms with van der Waals surface area (Å²) in [5.74, 6) is -4.29. The van der Waals surface area contributed by atoms with Crippen LogP contribution in [-0.4, -0.2) is 41.5 Å². The molecular weight excluding hydrogens is 489 g/mol. The third-order valence-corrected chi connectivity index (χ3v) is 5.98. The molecule has 0 bridgehead atoms. The summed E-state index contributed by atoms with van der Waals surface area (Å²) in [6, 6.07) is 4.76. The standard InChI is InChI=1S/C27H35F3N2O5/c1-2-3-4-5-6-7-8-9-10-11-12-13-20-31(26(36)27(28,29)30)22-16-14-21(15-17-22)25(35)37-32-23(33)18-19-24(32)34/h10-11,14-17H,2-9,12-13,18-20H2,1H3. The first-order valence-corrected chi connectivity index (χ1v) is 12.9. The third kappa shape index (κ3) is 10.0. The predicted octanol–water partition coefficient (Wildman–Crippen LogP) is 6.28. The molecule has 1 fully saturated rings. The first-order chi connectivity index (χ1) is 17.6. The van der Waals surface area contributed by atoms with Gasteiger partial charge in [0.15, 0.2) is 0 Å². The number of allylic oxidation sites excluding steroid dienone is 2. The third-order valence-electron chi connectivity index (χ3n) is 5.98. The van der Waals surface area contributed by atoms with Crippen LogP contribution in [0.15, 0.2) is 36.4 Å². The molecule has 1 heterocycles. The minimum Gasteiger partial charge on any atom is -0.325 e. The Kier molecular flexibility index (Phi) is 12.3. The first kappa shape index (κ1) is 30.1. The quantitative estimate of drug-likeness (QED) is 0.153. The molecule has 0 aromatic heterocycles. The van der Waals surface area contributed by atoms with Crippen molar-refractivity contribution in [3.8, 4) is 0 Å². The number of rotatable bonds is 15. The van der Waals surface area contributed by atoms with Gasteiger partial charge in [0.2, 0.25) is 0 Å². The van der Waals surface area contributed by atoms with E-state index in [9.17, 15) is 32.3 Å². The number of nitrogens with zero attached hydrogens (tertiary/aromatic N) is 2. The Hall–Kier alpha value is -3.17. The highest BCUT2D eigenvalue weighted by Gasteiger charge is 2.43. The van der Waals surface area contributed by atoms with Crippen molar-refractivity contribution in [2.75, 3.05) is 11.4 Å². The Labute approximate surface area is 215 Å². The van der Waals surface area contributed by atoms with E-state index in [0.717, 1.165) is 19.3 Å². The van der Waals surface area contributed by atoms with Crippen molar-refractivity contribution in [1.82, 2.24) is 5.06 Å². The van der Waals surface area contributed by atoms with Gasteiger partial charge in [0.25, 0.3) is 11.8 Å². The number of alkyl halides is 3. The molecule has 0 unspecified atom stereocenters. The molecule has 10 heteroatoms. The second kappa shape index (κ2) is 15.2. The topological polar surface area (TPSA) is 84.0 Å². The number of halogens is 3. The monoisotopic (exact) mass is 524 g/mol. The highest BCUT2D eigenvalue weighted by molar-refractivity contribution is 6.03. The maximum atomic E-state index is 13.2. The molecule has 2 rings (SSSR count). The van der Waals surface area contributed by atoms with Crippen LogP contribution in [0.1, 0.15) is 94.3 Å². The Morgan fingerprint density at radius 2 is 1.43 bits per heavy atom. The number of unbranched alkanes of at least 4 members (excludes halogenated alkanes) is 8. The molecule has 0 N–H and O–H groups in total. The molecule has 1 saturated heterocycles. The van der Waals surface area contributed by atoms with Crippen molar-refractivity contribution in [3.63, 3.8) is 0 Å². The van der Waals surface area contributed by atoms with Crippen LogP contribution in [0.3, 0.4) is 0 Å². The van der Waals surface area contributed by atoms with Crippen molar-refractivity contribution in [2.45, 2.75) is 90.1 Å². The summed E-state index contributed by atoms with van der Waals surface area (Å²) >= 11 is 0. The fourth-order valence-electron chi connectivity index (χ4n) is 3.89. The van der Waals surface area contributed by atoms with Crippen molar-refractivity contribution < 1.29 is 37.2 Å². The van der Waals surface area contributed by atoms with Gasteiger partial charge in [0.1, 0.15) is 0 Å². The maximum Gasteiger partial charge on any atom is 0.471 e. The molecule has 204 valence electrons. The summed E-state index contributed by atoms with van der Waals surface area (Å²) in [7, 11) is 0. The van der Waals surface area contributed by atoms with Crippen LogP contribution in [0, 0.1) is 0 Å². The lowest BCUT2D eigenvalue weighted by Crippen LogP contribution is -2.41. The minimum absolute atomic E-state index is 0.0285. The molecule has 1 aromatic rings. The number of amides is 3. The number of carbonyl (C=O) groups is 4. The van der Waals surface area contributed by atoms with E-state index in [1.54, 1.807) is 0 Å². The van der Waals surface area contributed by atoms with Gasteiger partial charge in [0.05, 0.1) is 5.56 Å². The van der Waals surface area contributed by atoms with Crippen LogP contribution in [-0.2, 0) is 19.2 Å². The SMILES string of the molecule is CCCCCCCCCC=CCCCN(C(=O)C(F)(F)F)c1ccc(C(=O)ON2C(=O)CCC2=O)cc1. The zero-order valence-electron chi connectivity index (χ0n) is 21.2. The van der Waals surface area contributed by atoms with Gasteiger partial charge in [-0.05, 0) is 49.9 Å². The number of hydrogen-bond acceptors (Lipinski definition) is 5. The maximum absolute atomic E-state index is 13.2. The second-order valence-electron chi connectivity index (χ2n) is 8.99. The molecule has 7 nitrogen and oxygen atoms in total. The van der Waals surface area contributed by atoms with Gasteiger partial charge < -0.3 is 9.74 Å². The highest BCUT2D eigenvalue weighted by atomic mass is 19.4. The summed E-state index contributed by atoms with van der Waals surface area (Å²) < 4.78 is 39.6. The lowest BCUT2D eigenvalue weighted by molar-refractivity contribution is -0.172. The molecule has 37 heavy (non-hydrogen) atoms. The molecule has 0 atom stereocenters. The van der Waals surface area contributed by atoms with E-state index in [1.165, 1.54) is 56.4 Å². The molecule has 0 saturated carbocycles. The second-order valence-corrected chi connectivity index (χ2v) is 8.99. The summed E-state index contributed by atoms with van der Waals surface area (Å²) in [6.45, 7) is 2.03. The summed E-state index contributed by atoms with van der Waals surface area (Å²) in [6.07, 6.45) is 9.03. The smallest absolute Gasteiger partial charge is 0.325 e. The van der Waals surface area contributed by atoms with Gasteiger partial charge >= 0.3 is 18.1 Å². The molecule has 1 aliphatic heterocycles. The van der Waals surface area contributed by atoms with E-state index in [-0.39, 0.29) is 30.6 Å². The number of hydrogen-bond donors (Lipinski definition) is 0. The van der Waals surface area contributed by atoms with E-state index in [1.807, 2.05) is 12.2 Å². The molecule has 1 aromatic carbocycles. The van der Waals surface area contributed by atoms with E-state index in [0.29, 0.717) is 22.8 Å². The number of anilines is 1. The highest BCUT2D eigenvalue weighted by Crippen LogP contribution is 2.25. The molecule has 1 aliphatic rings. The van der Waals surface area contributed by atoms with Crippen LogP contribution in [0.2, 0.25) is 0 Å². The van der Waals surface area contributed by atoms with Crippen LogP contribution in [0.25, 0.3) is 0 Å². The predicted molar refractivity (Wildman–Crippen MR) is 132 cm³/mol. The Balaban J connectivity index is 1.87. The number of carbonyl (C=O) groups excluding carboxylic acids is 4. The van der Waals surface area contributed by atoms with E-state index in [4.69, 9.17) is 4.84 Å². The minimum atomic E-state index is -5.05. The average molecular weight is 525 g/mol. The zero-order valence-corrected chi connectivity index (χ0v) is 21.2. The largest absolute Gasteiger partial charge is 0.471 e.